The number of amides is 3. The van der Waals surface area contributed by atoms with Crippen LogP contribution in [0.15, 0.2) is 0 Å². The minimum atomic E-state index is -1.43. The highest BCUT2D eigenvalue weighted by Gasteiger charge is 2.30. The van der Waals surface area contributed by atoms with Gasteiger partial charge in [0, 0.05) is 26.1 Å². The minimum Gasteiger partial charge on any atom is -0.481 e. The van der Waals surface area contributed by atoms with Crippen LogP contribution in [-0.4, -0.2) is 83.5 Å². The Morgan fingerprint density at radius 3 is 2.42 bits per heavy atom. The van der Waals surface area contributed by atoms with Crippen molar-refractivity contribution in [1.82, 2.24) is 20.9 Å². The summed E-state index contributed by atoms with van der Waals surface area (Å²) in [6.45, 7) is 2.51. The van der Waals surface area contributed by atoms with Gasteiger partial charge < -0.3 is 31.1 Å². The van der Waals surface area contributed by atoms with Gasteiger partial charge in [0.15, 0.2) is 0 Å². The fourth-order valence-corrected chi connectivity index (χ4v) is 4.00. The number of rotatable bonds is 10. The molecule has 3 amide bonds. The maximum Gasteiger partial charge on any atom is 0.328 e. The Hall–Kier alpha value is -2.69. The first-order valence-electron chi connectivity index (χ1n) is 10.8. The van der Waals surface area contributed by atoms with Crippen molar-refractivity contribution >= 4 is 29.7 Å². The van der Waals surface area contributed by atoms with Gasteiger partial charge in [-0.15, -0.1) is 0 Å². The number of likely N-dealkylation sites (tertiary alicyclic amines) is 1. The molecule has 0 aromatic rings. The van der Waals surface area contributed by atoms with Gasteiger partial charge in [-0.25, -0.2) is 4.79 Å². The molecule has 0 unspecified atom stereocenters. The number of nitrogens with one attached hydrogen (secondary N) is 3. The van der Waals surface area contributed by atoms with Gasteiger partial charge in [-0.2, -0.15) is 0 Å². The van der Waals surface area contributed by atoms with Crippen LogP contribution < -0.4 is 16.0 Å². The van der Waals surface area contributed by atoms with Gasteiger partial charge in [-0.1, -0.05) is 0 Å². The standard InChI is InChI=1S/C20H32N4O7/c25-16(10-18(27)28)23-15(20(30)31)11-22-19(29)14-2-1-9-24(12-14)17(26)4-3-13-5-7-21-8-6-13/h13-15,21H,1-12H2,(H,22,29)(H,23,25)(H,27,28)(H,30,31)/t14-,15+/m1/s1. The van der Waals surface area contributed by atoms with Gasteiger partial charge in [-0.05, 0) is 51.1 Å². The van der Waals surface area contributed by atoms with E-state index in [0.29, 0.717) is 38.3 Å². The topological polar surface area (TPSA) is 165 Å². The smallest absolute Gasteiger partial charge is 0.328 e. The third-order valence-electron chi connectivity index (χ3n) is 5.80. The molecule has 174 valence electrons. The lowest BCUT2D eigenvalue weighted by Gasteiger charge is -2.33. The monoisotopic (exact) mass is 440 g/mol. The quantitative estimate of drug-likeness (QED) is 0.274. The van der Waals surface area contributed by atoms with Crippen LogP contribution >= 0.6 is 0 Å². The molecule has 0 aliphatic carbocycles. The minimum absolute atomic E-state index is 0.0420. The zero-order chi connectivity index (χ0) is 22.8. The van der Waals surface area contributed by atoms with Gasteiger partial charge in [0.1, 0.15) is 12.5 Å². The van der Waals surface area contributed by atoms with E-state index in [2.05, 4.69) is 16.0 Å². The zero-order valence-corrected chi connectivity index (χ0v) is 17.6. The summed E-state index contributed by atoms with van der Waals surface area (Å²) in [4.78, 5) is 60.1. The fraction of sp³-hybridized carbons (Fsp3) is 0.750. The molecular formula is C20H32N4O7. The summed E-state index contributed by atoms with van der Waals surface area (Å²) in [5, 5.41) is 25.7. The molecule has 2 aliphatic rings. The number of carboxylic acids is 2. The molecule has 2 fully saturated rings. The molecule has 11 heteroatoms. The second-order valence-electron chi connectivity index (χ2n) is 8.18. The molecule has 5 N–H and O–H groups in total. The first kappa shape index (κ1) is 24.6. The number of aliphatic carboxylic acids is 2. The molecule has 0 saturated carbocycles. The van der Waals surface area contributed by atoms with Crippen LogP contribution in [0.1, 0.15) is 44.9 Å². The molecule has 2 rings (SSSR count). The predicted molar refractivity (Wildman–Crippen MR) is 109 cm³/mol. The number of nitrogens with zero attached hydrogens (tertiary/aromatic N) is 1. The third-order valence-corrected chi connectivity index (χ3v) is 5.80. The molecule has 0 spiro atoms. The molecule has 0 radical (unpaired) electrons. The Morgan fingerprint density at radius 1 is 1.06 bits per heavy atom. The largest absolute Gasteiger partial charge is 0.481 e. The number of hydrogen-bond donors (Lipinski definition) is 5. The lowest BCUT2D eigenvalue weighted by atomic mass is 9.92. The average Bonchev–Trinajstić information content (AvgIpc) is 2.74. The lowest BCUT2D eigenvalue weighted by molar-refractivity contribution is -0.145. The van der Waals surface area contributed by atoms with Crippen LogP contribution in [0.3, 0.4) is 0 Å². The Morgan fingerprint density at radius 2 is 1.77 bits per heavy atom. The number of carboxylic acid groups (broad SMARTS) is 2. The molecule has 0 aromatic heterocycles. The number of carbonyl (C=O) groups is 5. The Bertz CT molecular complexity index is 678. The van der Waals surface area contributed by atoms with Crippen molar-refractivity contribution in [3.05, 3.63) is 0 Å². The van der Waals surface area contributed by atoms with E-state index in [9.17, 15) is 29.1 Å². The van der Waals surface area contributed by atoms with Crippen LogP contribution in [-0.2, 0) is 24.0 Å². The van der Waals surface area contributed by atoms with Crippen molar-refractivity contribution in [3.63, 3.8) is 0 Å². The van der Waals surface area contributed by atoms with E-state index in [4.69, 9.17) is 5.11 Å². The van der Waals surface area contributed by atoms with Crippen LogP contribution in [0.25, 0.3) is 0 Å². The number of hydrogen-bond acceptors (Lipinski definition) is 6. The van der Waals surface area contributed by atoms with Gasteiger partial charge >= 0.3 is 11.9 Å². The van der Waals surface area contributed by atoms with Gasteiger partial charge in [0.05, 0.1) is 5.92 Å². The molecule has 2 saturated heterocycles. The van der Waals surface area contributed by atoms with Crippen molar-refractivity contribution in [1.29, 1.82) is 0 Å². The van der Waals surface area contributed by atoms with E-state index in [1.165, 1.54) is 0 Å². The van der Waals surface area contributed by atoms with Crippen LogP contribution in [0, 0.1) is 11.8 Å². The van der Waals surface area contributed by atoms with Crippen molar-refractivity contribution in [2.24, 2.45) is 11.8 Å². The maximum absolute atomic E-state index is 12.6. The molecule has 11 nitrogen and oxygen atoms in total. The predicted octanol–water partition coefficient (Wildman–Crippen LogP) is -0.835. The van der Waals surface area contributed by atoms with E-state index in [0.717, 1.165) is 32.4 Å². The van der Waals surface area contributed by atoms with Gasteiger partial charge in [0.25, 0.3) is 0 Å². The molecule has 31 heavy (non-hydrogen) atoms. The normalized spacial score (nSPS) is 20.5. The summed E-state index contributed by atoms with van der Waals surface area (Å²) in [5.74, 6) is -3.93. The van der Waals surface area contributed by atoms with Gasteiger partial charge in [-0.3, -0.25) is 19.2 Å². The number of carbonyl (C=O) groups excluding carboxylic acids is 3. The van der Waals surface area contributed by atoms with Crippen molar-refractivity contribution in [2.75, 3.05) is 32.7 Å². The highest BCUT2D eigenvalue weighted by molar-refractivity contribution is 5.95. The second kappa shape index (κ2) is 12.2. The molecular weight excluding hydrogens is 408 g/mol. The Kier molecular flexibility index (Phi) is 9.70. The van der Waals surface area contributed by atoms with Crippen molar-refractivity contribution in [2.45, 2.75) is 51.0 Å². The first-order valence-corrected chi connectivity index (χ1v) is 10.8. The molecule has 2 atom stereocenters. The van der Waals surface area contributed by atoms with E-state index in [-0.39, 0.29) is 18.4 Å². The van der Waals surface area contributed by atoms with Crippen LogP contribution in [0.5, 0.6) is 0 Å². The van der Waals surface area contributed by atoms with E-state index in [1.54, 1.807) is 4.90 Å². The van der Waals surface area contributed by atoms with E-state index in [1.807, 2.05) is 0 Å². The van der Waals surface area contributed by atoms with Crippen LogP contribution in [0.4, 0.5) is 0 Å². The van der Waals surface area contributed by atoms with E-state index < -0.39 is 36.2 Å². The van der Waals surface area contributed by atoms with Crippen molar-refractivity contribution in [3.8, 4) is 0 Å². The average molecular weight is 440 g/mol. The summed E-state index contributed by atoms with van der Waals surface area (Å²) in [6.07, 6.45) is 3.90. The SMILES string of the molecule is O=C(O)CC(=O)N[C@@H](CNC(=O)[C@@H]1CCCN(C(=O)CCC2CCNCC2)C1)C(=O)O. The summed E-state index contributed by atoms with van der Waals surface area (Å²) in [6, 6.07) is -1.43. The highest BCUT2D eigenvalue weighted by Crippen LogP contribution is 2.21. The Balaban J connectivity index is 1.78. The van der Waals surface area contributed by atoms with Gasteiger partial charge in [0.2, 0.25) is 17.7 Å². The summed E-state index contributed by atoms with van der Waals surface area (Å²) in [5.41, 5.74) is 0. The number of piperidine rings is 2. The highest BCUT2D eigenvalue weighted by atomic mass is 16.4. The third kappa shape index (κ3) is 8.52. The molecule has 0 bridgehead atoms. The lowest BCUT2D eigenvalue weighted by Crippen LogP contribution is -2.51. The van der Waals surface area contributed by atoms with Crippen LogP contribution in [0.2, 0.25) is 0 Å². The fourth-order valence-electron chi connectivity index (χ4n) is 4.00. The molecule has 2 heterocycles. The van der Waals surface area contributed by atoms with Crippen molar-refractivity contribution < 1.29 is 34.2 Å². The first-order chi connectivity index (χ1) is 14.8. The summed E-state index contributed by atoms with van der Waals surface area (Å²) in [7, 11) is 0. The summed E-state index contributed by atoms with van der Waals surface area (Å²) >= 11 is 0. The zero-order valence-electron chi connectivity index (χ0n) is 17.6. The van der Waals surface area contributed by atoms with E-state index >= 15 is 0 Å². The Labute approximate surface area is 180 Å². The molecule has 0 aromatic carbocycles. The second-order valence-corrected chi connectivity index (χ2v) is 8.18. The molecule has 2 aliphatic heterocycles. The maximum atomic E-state index is 12.6. The summed E-state index contributed by atoms with van der Waals surface area (Å²) < 4.78 is 0.